The molecule has 13 nitrogen and oxygen atoms in total. The van der Waals surface area contributed by atoms with Gasteiger partial charge in [0.05, 0.1) is 12.2 Å². The first-order valence-electron chi connectivity index (χ1n) is 18.2. The number of hydrogen-bond acceptors (Lipinski definition) is 8. The van der Waals surface area contributed by atoms with Gasteiger partial charge >= 0.3 is 0 Å². The van der Waals surface area contributed by atoms with Gasteiger partial charge < -0.3 is 26.2 Å². The third kappa shape index (κ3) is 8.83. The van der Waals surface area contributed by atoms with Crippen molar-refractivity contribution in [2.45, 2.75) is 135 Å². The molecule has 4 fully saturated rings. The SMILES string of the molecule is CCC[C@@H](NC(=O)C1[C@H]2CCC[C@@H]2CN1C(=O)[C@@H](NC(=O)[C@@H](NC(=O)c1cnccn1)C1CCCCC1)C(C)(C)C)C(=O)C(=O)NC1CC1. The van der Waals surface area contributed by atoms with Crippen LogP contribution in [0.4, 0.5) is 0 Å². The van der Waals surface area contributed by atoms with Crippen molar-refractivity contribution in [2.75, 3.05) is 6.54 Å². The lowest BCUT2D eigenvalue weighted by Crippen LogP contribution is -2.62. The van der Waals surface area contributed by atoms with Crippen LogP contribution < -0.4 is 21.3 Å². The highest BCUT2D eigenvalue weighted by molar-refractivity contribution is 6.38. The number of likely N-dealkylation sites (tertiary alicyclic amines) is 1. The quantitative estimate of drug-likeness (QED) is 0.230. The Hall–Kier alpha value is -3.90. The molecule has 1 aliphatic heterocycles. The number of hydrogen-bond donors (Lipinski definition) is 4. The zero-order chi connectivity index (χ0) is 35.3. The molecule has 2 heterocycles. The second kappa shape index (κ2) is 15.8. The van der Waals surface area contributed by atoms with Crippen LogP contribution in [0.25, 0.3) is 0 Å². The van der Waals surface area contributed by atoms with Gasteiger partial charge in [0.25, 0.3) is 11.8 Å². The predicted octanol–water partition coefficient (Wildman–Crippen LogP) is 2.45. The summed E-state index contributed by atoms with van der Waals surface area (Å²) in [7, 11) is 0. The van der Waals surface area contributed by atoms with Crippen molar-refractivity contribution in [3.63, 3.8) is 0 Å². The molecule has 3 aliphatic carbocycles. The Morgan fingerprint density at radius 3 is 2.27 bits per heavy atom. The summed E-state index contributed by atoms with van der Waals surface area (Å²) >= 11 is 0. The number of nitrogens with zero attached hydrogens (tertiary/aromatic N) is 3. The van der Waals surface area contributed by atoms with Gasteiger partial charge in [-0.1, -0.05) is 59.8 Å². The lowest BCUT2D eigenvalue weighted by atomic mass is 9.82. The molecule has 0 spiro atoms. The number of carbonyl (C=O) groups excluding carboxylic acids is 6. The summed E-state index contributed by atoms with van der Waals surface area (Å²) in [6.07, 6.45) is 13.9. The van der Waals surface area contributed by atoms with E-state index in [0.717, 1.165) is 64.2 Å². The summed E-state index contributed by atoms with van der Waals surface area (Å²) in [5, 5.41) is 11.5. The Labute approximate surface area is 288 Å². The number of aromatic nitrogens is 2. The largest absolute Gasteiger partial charge is 0.347 e. The highest BCUT2D eigenvalue weighted by Gasteiger charge is 2.52. The molecular weight excluding hydrogens is 626 g/mol. The van der Waals surface area contributed by atoms with Crippen LogP contribution in [-0.4, -0.2) is 86.9 Å². The molecule has 0 radical (unpaired) electrons. The van der Waals surface area contributed by atoms with Crippen molar-refractivity contribution in [1.29, 1.82) is 0 Å². The molecule has 1 aromatic rings. The van der Waals surface area contributed by atoms with Gasteiger partial charge in [0.15, 0.2) is 0 Å². The molecule has 0 aromatic carbocycles. The molecule has 3 saturated carbocycles. The minimum absolute atomic E-state index is 0.0132. The van der Waals surface area contributed by atoms with Crippen LogP contribution >= 0.6 is 0 Å². The summed E-state index contributed by atoms with van der Waals surface area (Å²) in [4.78, 5) is 91.4. The number of fused-ring (bicyclic) bond motifs is 1. The highest BCUT2D eigenvalue weighted by Crippen LogP contribution is 2.43. The molecule has 49 heavy (non-hydrogen) atoms. The average Bonchev–Trinajstić information content (AvgIpc) is 3.65. The van der Waals surface area contributed by atoms with E-state index >= 15 is 0 Å². The second-order valence-corrected chi connectivity index (χ2v) is 15.5. The fourth-order valence-electron chi connectivity index (χ4n) is 7.87. The summed E-state index contributed by atoms with van der Waals surface area (Å²) in [5.41, 5.74) is -0.638. The molecule has 268 valence electrons. The summed E-state index contributed by atoms with van der Waals surface area (Å²) in [6.45, 7) is 7.85. The Kier molecular flexibility index (Phi) is 11.7. The Balaban J connectivity index is 1.36. The normalized spacial score (nSPS) is 24.2. The van der Waals surface area contributed by atoms with E-state index in [0.29, 0.717) is 19.4 Å². The number of nitrogens with one attached hydrogen (secondary N) is 4. The topological polar surface area (TPSA) is 180 Å². The smallest absolute Gasteiger partial charge is 0.289 e. The average molecular weight is 680 g/mol. The molecule has 5 amide bonds. The molecule has 1 aromatic heterocycles. The maximum absolute atomic E-state index is 14.6. The van der Waals surface area contributed by atoms with Crippen LogP contribution in [0.15, 0.2) is 18.6 Å². The number of Topliss-reactive ketones (excluding diaryl/α,β-unsaturated/α-hetero) is 1. The van der Waals surface area contributed by atoms with E-state index in [4.69, 9.17) is 0 Å². The van der Waals surface area contributed by atoms with Gasteiger partial charge in [-0.25, -0.2) is 4.98 Å². The van der Waals surface area contributed by atoms with Crippen molar-refractivity contribution in [1.82, 2.24) is 36.1 Å². The minimum atomic E-state index is -0.994. The van der Waals surface area contributed by atoms with Crippen LogP contribution in [0.1, 0.15) is 115 Å². The molecule has 4 aliphatic rings. The summed E-state index contributed by atoms with van der Waals surface area (Å²) < 4.78 is 0. The van der Waals surface area contributed by atoms with Crippen molar-refractivity contribution >= 4 is 35.3 Å². The van der Waals surface area contributed by atoms with Crippen molar-refractivity contribution < 1.29 is 28.8 Å². The van der Waals surface area contributed by atoms with Gasteiger partial charge in [0.1, 0.15) is 23.8 Å². The van der Waals surface area contributed by atoms with E-state index < -0.39 is 59.0 Å². The Morgan fingerprint density at radius 2 is 1.63 bits per heavy atom. The van der Waals surface area contributed by atoms with E-state index in [2.05, 4.69) is 31.2 Å². The number of ketones is 1. The van der Waals surface area contributed by atoms with Crippen molar-refractivity contribution in [3.05, 3.63) is 24.3 Å². The fraction of sp³-hybridized carbons (Fsp3) is 0.722. The van der Waals surface area contributed by atoms with Crippen LogP contribution in [0.3, 0.4) is 0 Å². The lowest BCUT2D eigenvalue weighted by Gasteiger charge is -2.38. The maximum atomic E-state index is 14.6. The van der Waals surface area contributed by atoms with E-state index in [1.165, 1.54) is 18.6 Å². The molecule has 0 bridgehead atoms. The van der Waals surface area contributed by atoms with E-state index in [1.807, 2.05) is 27.7 Å². The Bertz CT molecular complexity index is 1390. The van der Waals surface area contributed by atoms with E-state index in [1.54, 1.807) is 4.90 Å². The third-order valence-corrected chi connectivity index (χ3v) is 10.7. The zero-order valence-corrected chi connectivity index (χ0v) is 29.3. The van der Waals surface area contributed by atoms with Gasteiger partial charge in [0.2, 0.25) is 23.5 Å². The van der Waals surface area contributed by atoms with Crippen molar-refractivity contribution in [3.8, 4) is 0 Å². The van der Waals surface area contributed by atoms with E-state index in [9.17, 15) is 28.8 Å². The number of amides is 5. The first-order chi connectivity index (χ1) is 23.4. The number of rotatable bonds is 13. The molecule has 4 N–H and O–H groups in total. The van der Waals surface area contributed by atoms with Gasteiger partial charge in [-0.3, -0.25) is 33.8 Å². The van der Waals surface area contributed by atoms with Gasteiger partial charge in [-0.2, -0.15) is 0 Å². The van der Waals surface area contributed by atoms with Crippen LogP contribution in [0.5, 0.6) is 0 Å². The van der Waals surface area contributed by atoms with E-state index in [-0.39, 0.29) is 35.4 Å². The molecular formula is C36H53N7O6. The Morgan fingerprint density at radius 1 is 0.898 bits per heavy atom. The first-order valence-corrected chi connectivity index (χ1v) is 18.2. The standard InChI is InChI=1S/C36H53N7O6/c1-5-10-25(29(44)34(48)39-23-15-16-23)40-33(47)28-24-14-9-13-22(24)20-43(28)35(49)30(36(2,3)4)42-32(46)27(21-11-7-6-8-12-21)41-31(45)26-19-37-17-18-38-26/h17-19,21-25,27-28,30H,5-16,20H2,1-4H3,(H,39,48)(H,40,47)(H,41,45)(H,42,46)/t22-,24+,25-,27+,28?,30-/m1/s1. The van der Waals surface area contributed by atoms with Crippen LogP contribution in [0.2, 0.25) is 0 Å². The number of carbonyl (C=O) groups is 6. The lowest BCUT2D eigenvalue weighted by molar-refractivity contribution is -0.146. The third-order valence-electron chi connectivity index (χ3n) is 10.7. The molecule has 13 heteroatoms. The van der Waals surface area contributed by atoms with Crippen molar-refractivity contribution in [2.24, 2.45) is 23.2 Å². The highest BCUT2D eigenvalue weighted by atomic mass is 16.2. The van der Waals surface area contributed by atoms with Gasteiger partial charge in [-0.15, -0.1) is 0 Å². The molecule has 1 unspecified atom stereocenters. The van der Waals surface area contributed by atoms with Crippen LogP contribution in [0, 0.1) is 23.2 Å². The second-order valence-electron chi connectivity index (χ2n) is 15.5. The first kappa shape index (κ1) is 36.4. The zero-order valence-electron chi connectivity index (χ0n) is 29.3. The van der Waals surface area contributed by atoms with Gasteiger partial charge in [0, 0.05) is 25.0 Å². The summed E-state index contributed by atoms with van der Waals surface area (Å²) in [5.74, 6) is -3.20. The predicted molar refractivity (Wildman–Crippen MR) is 181 cm³/mol. The van der Waals surface area contributed by atoms with Gasteiger partial charge in [-0.05, 0) is 68.1 Å². The molecule has 5 rings (SSSR count). The monoisotopic (exact) mass is 679 g/mol. The maximum Gasteiger partial charge on any atom is 0.289 e. The van der Waals surface area contributed by atoms with Crippen LogP contribution in [-0.2, 0) is 24.0 Å². The fourth-order valence-corrected chi connectivity index (χ4v) is 7.87. The molecule has 6 atom stereocenters. The minimum Gasteiger partial charge on any atom is -0.347 e. The molecule has 1 saturated heterocycles. The summed E-state index contributed by atoms with van der Waals surface area (Å²) in [6, 6.07) is -3.68.